The van der Waals surface area contributed by atoms with E-state index in [0.717, 1.165) is 55.7 Å². The number of para-hydroxylation sites is 3. The SMILES string of the molecule is N#Cc1cc(C#N)cc(-c2ccc(-n3c4ccccc4c4ccc5c(c6ccccc6n5-c5ccccc5)c43)c(-c3ccccc3)c2)c1. The summed E-state index contributed by atoms with van der Waals surface area (Å²) in [5.74, 6) is 0. The Bertz CT molecular complexity index is 2760. The lowest BCUT2D eigenvalue weighted by molar-refractivity contribution is 1.17. The Balaban J connectivity index is 1.43. The first kappa shape index (κ1) is 27.4. The van der Waals surface area contributed by atoms with Crippen molar-refractivity contribution in [2.75, 3.05) is 0 Å². The Morgan fingerprint density at radius 3 is 1.75 bits per heavy atom. The molecule has 0 unspecified atom stereocenters. The fourth-order valence-corrected chi connectivity index (χ4v) is 7.30. The number of rotatable bonds is 4. The summed E-state index contributed by atoms with van der Waals surface area (Å²) in [5.41, 5.74) is 11.6. The van der Waals surface area contributed by atoms with Gasteiger partial charge in [0.05, 0.1) is 51.0 Å². The largest absolute Gasteiger partial charge is 0.309 e. The van der Waals surface area contributed by atoms with E-state index in [2.05, 4.69) is 155 Å². The van der Waals surface area contributed by atoms with E-state index in [1.807, 2.05) is 18.2 Å². The van der Waals surface area contributed by atoms with Crippen LogP contribution >= 0.6 is 0 Å². The van der Waals surface area contributed by atoms with Crippen LogP contribution in [0.5, 0.6) is 0 Å². The summed E-state index contributed by atoms with van der Waals surface area (Å²) in [4.78, 5) is 0. The van der Waals surface area contributed by atoms with Gasteiger partial charge in [0.25, 0.3) is 0 Å². The molecule has 7 aromatic carbocycles. The summed E-state index contributed by atoms with van der Waals surface area (Å²) in [6.07, 6.45) is 0. The van der Waals surface area contributed by atoms with Crippen molar-refractivity contribution in [1.29, 1.82) is 10.5 Å². The first-order valence-corrected chi connectivity index (χ1v) is 15.9. The maximum Gasteiger partial charge on any atom is 0.0992 e. The summed E-state index contributed by atoms with van der Waals surface area (Å²) < 4.78 is 4.79. The van der Waals surface area contributed by atoms with Gasteiger partial charge < -0.3 is 9.13 Å². The molecule has 222 valence electrons. The van der Waals surface area contributed by atoms with Crippen molar-refractivity contribution < 1.29 is 0 Å². The standard InChI is InChI=1S/C44H26N4/c45-27-29-23-30(28-46)25-33(24-29)32-19-21-41(38(26-32)31-11-3-1-4-12-31)48-39-17-9-7-15-35(39)36-20-22-42-43(44(36)48)37-16-8-10-18-40(37)47(42)34-13-5-2-6-14-34/h1-26H. The summed E-state index contributed by atoms with van der Waals surface area (Å²) in [6, 6.07) is 59.1. The second-order valence-corrected chi connectivity index (χ2v) is 12.0. The van der Waals surface area contributed by atoms with Crippen molar-refractivity contribution in [3.8, 4) is 45.8 Å². The third kappa shape index (κ3) is 4.14. The number of fused-ring (bicyclic) bond motifs is 7. The lowest BCUT2D eigenvalue weighted by Crippen LogP contribution is -1.99. The van der Waals surface area contributed by atoms with Gasteiger partial charge in [-0.05, 0) is 77.4 Å². The topological polar surface area (TPSA) is 57.4 Å². The molecule has 4 heteroatoms. The second-order valence-electron chi connectivity index (χ2n) is 12.0. The molecule has 2 heterocycles. The first-order valence-electron chi connectivity index (χ1n) is 15.9. The zero-order chi connectivity index (χ0) is 32.2. The summed E-state index contributed by atoms with van der Waals surface area (Å²) in [6.45, 7) is 0. The Hall–Kier alpha value is -6.88. The van der Waals surface area contributed by atoms with Gasteiger partial charge in [0.2, 0.25) is 0 Å². The van der Waals surface area contributed by atoms with Crippen molar-refractivity contribution in [2.45, 2.75) is 0 Å². The van der Waals surface area contributed by atoms with Gasteiger partial charge in [-0.15, -0.1) is 0 Å². The molecule has 0 aliphatic rings. The van der Waals surface area contributed by atoms with Crippen molar-refractivity contribution in [3.63, 3.8) is 0 Å². The van der Waals surface area contributed by atoms with E-state index in [0.29, 0.717) is 11.1 Å². The molecular weight excluding hydrogens is 585 g/mol. The van der Waals surface area contributed by atoms with Gasteiger partial charge in [-0.2, -0.15) is 10.5 Å². The van der Waals surface area contributed by atoms with Crippen molar-refractivity contribution in [3.05, 3.63) is 169 Å². The third-order valence-corrected chi connectivity index (χ3v) is 9.33. The molecular formula is C44H26N4. The van der Waals surface area contributed by atoms with Gasteiger partial charge in [0.15, 0.2) is 0 Å². The van der Waals surface area contributed by atoms with Crippen molar-refractivity contribution in [2.24, 2.45) is 0 Å². The number of nitrogens with zero attached hydrogens (tertiary/aromatic N) is 4. The van der Waals surface area contributed by atoms with Gasteiger partial charge in [-0.3, -0.25) is 0 Å². The molecule has 9 rings (SSSR count). The molecule has 0 aliphatic carbocycles. The normalized spacial score (nSPS) is 11.3. The van der Waals surface area contributed by atoms with Crippen molar-refractivity contribution in [1.82, 2.24) is 9.13 Å². The van der Waals surface area contributed by atoms with Crippen molar-refractivity contribution >= 4 is 43.6 Å². The van der Waals surface area contributed by atoms with Crippen LogP contribution in [0.15, 0.2) is 158 Å². The van der Waals surface area contributed by atoms with E-state index < -0.39 is 0 Å². The molecule has 0 fully saturated rings. The molecule has 4 nitrogen and oxygen atoms in total. The molecule has 9 aromatic rings. The van der Waals surface area contributed by atoms with Crippen LogP contribution in [-0.2, 0) is 0 Å². The average Bonchev–Trinajstić information content (AvgIpc) is 3.68. The van der Waals surface area contributed by atoms with Gasteiger partial charge in [0.1, 0.15) is 0 Å². The number of aromatic nitrogens is 2. The van der Waals surface area contributed by atoms with Crippen LogP contribution in [0.1, 0.15) is 11.1 Å². The number of hydrogen-bond donors (Lipinski definition) is 0. The van der Waals surface area contributed by atoms with Crippen LogP contribution in [0.25, 0.3) is 77.2 Å². The molecule has 0 N–H and O–H groups in total. The Kier molecular flexibility index (Phi) is 6.22. The van der Waals surface area contributed by atoms with Gasteiger partial charge in [0, 0.05) is 32.8 Å². The minimum absolute atomic E-state index is 0.467. The van der Waals surface area contributed by atoms with Crippen LogP contribution in [0.2, 0.25) is 0 Å². The van der Waals surface area contributed by atoms with Crippen LogP contribution in [0.3, 0.4) is 0 Å². The van der Waals surface area contributed by atoms with Crippen LogP contribution < -0.4 is 0 Å². The number of nitriles is 2. The van der Waals surface area contributed by atoms with E-state index >= 15 is 0 Å². The minimum Gasteiger partial charge on any atom is -0.309 e. The predicted octanol–water partition coefficient (Wildman–Crippen LogP) is 11.0. The third-order valence-electron chi connectivity index (χ3n) is 9.33. The van der Waals surface area contributed by atoms with Crippen LogP contribution in [0.4, 0.5) is 0 Å². The fraction of sp³-hybridized carbons (Fsp3) is 0. The zero-order valence-electron chi connectivity index (χ0n) is 25.8. The Morgan fingerprint density at radius 2 is 1.04 bits per heavy atom. The zero-order valence-corrected chi connectivity index (χ0v) is 25.8. The summed E-state index contributed by atoms with van der Waals surface area (Å²) in [5, 5.41) is 24.2. The maximum absolute atomic E-state index is 9.70. The highest BCUT2D eigenvalue weighted by atomic mass is 15.0. The highest BCUT2D eigenvalue weighted by Crippen LogP contribution is 2.44. The molecule has 0 atom stereocenters. The quantitative estimate of drug-likeness (QED) is 0.199. The smallest absolute Gasteiger partial charge is 0.0992 e. The molecule has 0 spiro atoms. The molecule has 0 bridgehead atoms. The second kappa shape index (κ2) is 10.9. The molecule has 0 saturated carbocycles. The van der Waals surface area contributed by atoms with Gasteiger partial charge in [-0.25, -0.2) is 0 Å². The molecule has 0 amide bonds. The van der Waals surface area contributed by atoms with E-state index in [4.69, 9.17) is 0 Å². The molecule has 2 aromatic heterocycles. The van der Waals surface area contributed by atoms with E-state index in [1.165, 1.54) is 21.5 Å². The highest BCUT2D eigenvalue weighted by Gasteiger charge is 2.22. The number of benzene rings is 7. The molecule has 0 radical (unpaired) electrons. The lowest BCUT2D eigenvalue weighted by atomic mass is 9.95. The average molecular weight is 611 g/mol. The monoisotopic (exact) mass is 610 g/mol. The van der Waals surface area contributed by atoms with Crippen LogP contribution in [-0.4, -0.2) is 9.13 Å². The maximum atomic E-state index is 9.70. The molecule has 0 aliphatic heterocycles. The highest BCUT2D eigenvalue weighted by molar-refractivity contribution is 6.26. The Labute approximate surface area is 277 Å². The fourth-order valence-electron chi connectivity index (χ4n) is 7.30. The van der Waals surface area contributed by atoms with Gasteiger partial charge in [-0.1, -0.05) is 97.1 Å². The Morgan fingerprint density at radius 1 is 0.417 bits per heavy atom. The first-order chi connectivity index (χ1) is 23.7. The van der Waals surface area contributed by atoms with Crippen LogP contribution in [0, 0.1) is 22.7 Å². The molecule has 0 saturated heterocycles. The predicted molar refractivity (Wildman–Crippen MR) is 195 cm³/mol. The lowest BCUT2D eigenvalue weighted by Gasteiger charge is -2.17. The number of hydrogen-bond acceptors (Lipinski definition) is 2. The minimum atomic E-state index is 0.467. The van der Waals surface area contributed by atoms with Gasteiger partial charge >= 0.3 is 0 Å². The summed E-state index contributed by atoms with van der Waals surface area (Å²) in [7, 11) is 0. The van der Waals surface area contributed by atoms with E-state index in [1.54, 1.807) is 6.07 Å². The van der Waals surface area contributed by atoms with E-state index in [9.17, 15) is 10.5 Å². The summed E-state index contributed by atoms with van der Waals surface area (Å²) >= 11 is 0. The molecule has 48 heavy (non-hydrogen) atoms. The van der Waals surface area contributed by atoms with E-state index in [-0.39, 0.29) is 0 Å².